The SMILES string of the molecule is CC(C)C(NC(=O)c1ccccc1)c1nnc(SCC(=O)NCc2ccc(F)cc2)n1C. The molecule has 32 heavy (non-hydrogen) atoms. The molecule has 2 aromatic carbocycles. The number of rotatable bonds is 9. The lowest BCUT2D eigenvalue weighted by Gasteiger charge is -2.21. The van der Waals surface area contributed by atoms with Crippen molar-refractivity contribution in [3.8, 4) is 0 Å². The molecule has 7 nitrogen and oxygen atoms in total. The predicted molar refractivity (Wildman–Crippen MR) is 121 cm³/mol. The average molecular weight is 456 g/mol. The summed E-state index contributed by atoms with van der Waals surface area (Å²) in [4.78, 5) is 24.8. The van der Waals surface area contributed by atoms with Crippen LogP contribution in [0.25, 0.3) is 0 Å². The minimum Gasteiger partial charge on any atom is -0.351 e. The van der Waals surface area contributed by atoms with Gasteiger partial charge in [-0.3, -0.25) is 9.59 Å². The zero-order valence-electron chi connectivity index (χ0n) is 18.2. The summed E-state index contributed by atoms with van der Waals surface area (Å²) in [6.07, 6.45) is 0. The van der Waals surface area contributed by atoms with Crippen LogP contribution in [-0.4, -0.2) is 32.3 Å². The number of carbonyl (C=O) groups is 2. The lowest BCUT2D eigenvalue weighted by molar-refractivity contribution is -0.118. The molecule has 3 aromatic rings. The Labute approximate surface area is 190 Å². The van der Waals surface area contributed by atoms with E-state index in [0.29, 0.717) is 23.1 Å². The van der Waals surface area contributed by atoms with Gasteiger partial charge in [-0.2, -0.15) is 0 Å². The Morgan fingerprint density at radius 2 is 1.75 bits per heavy atom. The predicted octanol–water partition coefficient (Wildman–Crippen LogP) is 3.49. The summed E-state index contributed by atoms with van der Waals surface area (Å²) in [6.45, 7) is 4.32. The fourth-order valence-electron chi connectivity index (χ4n) is 3.05. The molecule has 0 aliphatic rings. The first-order valence-electron chi connectivity index (χ1n) is 10.2. The van der Waals surface area contributed by atoms with Gasteiger partial charge in [0, 0.05) is 19.2 Å². The summed E-state index contributed by atoms with van der Waals surface area (Å²) in [7, 11) is 1.82. The van der Waals surface area contributed by atoms with Gasteiger partial charge in [0.15, 0.2) is 11.0 Å². The third kappa shape index (κ3) is 6.16. The summed E-state index contributed by atoms with van der Waals surface area (Å²) in [5.74, 6) is 0.216. The highest BCUT2D eigenvalue weighted by molar-refractivity contribution is 7.99. The fraction of sp³-hybridized carbons (Fsp3) is 0.304. The zero-order valence-corrected chi connectivity index (χ0v) is 19.0. The van der Waals surface area contributed by atoms with Gasteiger partial charge < -0.3 is 15.2 Å². The van der Waals surface area contributed by atoms with Crippen LogP contribution in [0.2, 0.25) is 0 Å². The number of amides is 2. The van der Waals surface area contributed by atoms with E-state index in [1.54, 1.807) is 28.8 Å². The molecular weight excluding hydrogens is 429 g/mol. The molecule has 168 valence electrons. The molecule has 0 fully saturated rings. The van der Waals surface area contributed by atoms with Crippen LogP contribution in [0, 0.1) is 11.7 Å². The van der Waals surface area contributed by atoms with E-state index in [-0.39, 0.29) is 35.3 Å². The quantitative estimate of drug-likeness (QED) is 0.482. The van der Waals surface area contributed by atoms with E-state index >= 15 is 0 Å². The van der Waals surface area contributed by atoms with Crippen molar-refractivity contribution in [2.45, 2.75) is 31.6 Å². The maximum Gasteiger partial charge on any atom is 0.251 e. The highest BCUT2D eigenvalue weighted by Gasteiger charge is 2.25. The van der Waals surface area contributed by atoms with Crippen molar-refractivity contribution in [2.24, 2.45) is 13.0 Å². The first-order chi connectivity index (χ1) is 15.3. The molecule has 1 atom stereocenters. The molecule has 2 N–H and O–H groups in total. The third-order valence-electron chi connectivity index (χ3n) is 4.87. The van der Waals surface area contributed by atoms with Crippen molar-refractivity contribution < 1.29 is 14.0 Å². The molecule has 0 bridgehead atoms. The van der Waals surface area contributed by atoms with Crippen LogP contribution in [0.4, 0.5) is 4.39 Å². The number of benzene rings is 2. The largest absolute Gasteiger partial charge is 0.351 e. The minimum absolute atomic E-state index is 0.0856. The molecule has 9 heteroatoms. The van der Waals surface area contributed by atoms with Gasteiger partial charge in [0.1, 0.15) is 5.82 Å². The summed E-state index contributed by atoms with van der Waals surface area (Å²) in [5, 5.41) is 14.9. The van der Waals surface area contributed by atoms with Crippen LogP contribution in [0.1, 0.15) is 41.6 Å². The van der Waals surface area contributed by atoms with Gasteiger partial charge in [0.25, 0.3) is 5.91 Å². The summed E-state index contributed by atoms with van der Waals surface area (Å²) >= 11 is 1.26. The number of hydrogen-bond acceptors (Lipinski definition) is 5. The molecule has 1 heterocycles. The molecule has 1 aromatic heterocycles. The van der Waals surface area contributed by atoms with Gasteiger partial charge in [-0.1, -0.05) is 55.9 Å². The number of hydrogen-bond donors (Lipinski definition) is 2. The number of nitrogens with zero attached hydrogens (tertiary/aromatic N) is 3. The van der Waals surface area contributed by atoms with E-state index in [0.717, 1.165) is 5.56 Å². The van der Waals surface area contributed by atoms with Crippen molar-refractivity contribution in [1.82, 2.24) is 25.4 Å². The van der Waals surface area contributed by atoms with Crippen LogP contribution in [-0.2, 0) is 18.4 Å². The van der Waals surface area contributed by atoms with Gasteiger partial charge in [-0.15, -0.1) is 10.2 Å². The van der Waals surface area contributed by atoms with E-state index < -0.39 is 0 Å². The van der Waals surface area contributed by atoms with Crippen LogP contribution in [0.15, 0.2) is 59.8 Å². The van der Waals surface area contributed by atoms with Gasteiger partial charge in [0.2, 0.25) is 5.91 Å². The van der Waals surface area contributed by atoms with E-state index in [2.05, 4.69) is 20.8 Å². The minimum atomic E-state index is -0.332. The molecular formula is C23H26FN5O2S. The molecule has 2 amide bonds. The number of aromatic nitrogens is 3. The van der Waals surface area contributed by atoms with Gasteiger partial charge in [0.05, 0.1) is 11.8 Å². The third-order valence-corrected chi connectivity index (χ3v) is 5.89. The number of halogens is 1. The first-order valence-corrected chi connectivity index (χ1v) is 11.2. The van der Waals surface area contributed by atoms with E-state index in [1.165, 1.54) is 23.9 Å². The number of nitrogens with one attached hydrogen (secondary N) is 2. The van der Waals surface area contributed by atoms with Crippen LogP contribution in [0.5, 0.6) is 0 Å². The van der Waals surface area contributed by atoms with Crippen LogP contribution in [0.3, 0.4) is 0 Å². The lowest BCUT2D eigenvalue weighted by atomic mass is 10.0. The zero-order chi connectivity index (χ0) is 23.1. The maximum atomic E-state index is 13.0. The van der Waals surface area contributed by atoms with E-state index in [1.807, 2.05) is 39.1 Å². The summed E-state index contributed by atoms with van der Waals surface area (Å²) in [6, 6.07) is 14.7. The monoisotopic (exact) mass is 455 g/mol. The topological polar surface area (TPSA) is 88.9 Å². The molecule has 0 saturated heterocycles. The van der Waals surface area contributed by atoms with Crippen molar-refractivity contribution >= 4 is 23.6 Å². The molecule has 3 rings (SSSR count). The lowest BCUT2D eigenvalue weighted by Crippen LogP contribution is -2.33. The Balaban J connectivity index is 1.59. The van der Waals surface area contributed by atoms with E-state index in [9.17, 15) is 14.0 Å². The Bertz CT molecular complexity index is 1050. The molecule has 0 aliphatic heterocycles. The second kappa shape index (κ2) is 10.9. The average Bonchev–Trinajstić information content (AvgIpc) is 3.15. The Morgan fingerprint density at radius 1 is 1.06 bits per heavy atom. The Hall–Kier alpha value is -3.20. The Kier molecular flexibility index (Phi) is 7.99. The van der Waals surface area contributed by atoms with Crippen molar-refractivity contribution in [3.05, 3.63) is 77.4 Å². The van der Waals surface area contributed by atoms with Crippen molar-refractivity contribution in [2.75, 3.05) is 5.75 Å². The number of carbonyl (C=O) groups excluding carboxylic acids is 2. The number of thioether (sulfide) groups is 1. The second-order valence-electron chi connectivity index (χ2n) is 7.65. The van der Waals surface area contributed by atoms with Crippen LogP contribution >= 0.6 is 11.8 Å². The van der Waals surface area contributed by atoms with Crippen LogP contribution < -0.4 is 10.6 Å². The van der Waals surface area contributed by atoms with Crippen molar-refractivity contribution in [3.63, 3.8) is 0 Å². The highest BCUT2D eigenvalue weighted by Crippen LogP contribution is 2.24. The van der Waals surface area contributed by atoms with E-state index in [4.69, 9.17) is 0 Å². The highest BCUT2D eigenvalue weighted by atomic mass is 32.2. The van der Waals surface area contributed by atoms with Crippen molar-refractivity contribution in [1.29, 1.82) is 0 Å². The molecule has 1 unspecified atom stereocenters. The molecule has 0 aliphatic carbocycles. The van der Waals surface area contributed by atoms with Gasteiger partial charge >= 0.3 is 0 Å². The molecule has 0 saturated carbocycles. The normalized spacial score (nSPS) is 11.9. The summed E-state index contributed by atoms with van der Waals surface area (Å²) < 4.78 is 14.8. The smallest absolute Gasteiger partial charge is 0.251 e. The standard InChI is InChI=1S/C23H26FN5O2S/c1-15(2)20(26-22(31)17-7-5-4-6-8-17)21-27-28-23(29(21)3)32-14-19(30)25-13-16-9-11-18(24)12-10-16/h4-12,15,20H,13-14H2,1-3H3,(H,25,30)(H,26,31). The Morgan fingerprint density at radius 3 is 2.41 bits per heavy atom. The van der Waals surface area contributed by atoms with Gasteiger partial charge in [-0.25, -0.2) is 4.39 Å². The molecule has 0 spiro atoms. The first kappa shape index (κ1) is 23.5. The molecule has 0 radical (unpaired) electrons. The second-order valence-corrected chi connectivity index (χ2v) is 8.60. The van der Waals surface area contributed by atoms with Gasteiger partial charge in [-0.05, 0) is 35.7 Å². The maximum absolute atomic E-state index is 13.0. The summed E-state index contributed by atoms with van der Waals surface area (Å²) in [5.41, 5.74) is 1.40. The fourth-order valence-corrected chi connectivity index (χ4v) is 3.80.